The summed E-state index contributed by atoms with van der Waals surface area (Å²) in [6, 6.07) is 15.5. The third kappa shape index (κ3) is 5.38. The van der Waals surface area contributed by atoms with Crippen molar-refractivity contribution in [3.63, 3.8) is 0 Å². The summed E-state index contributed by atoms with van der Waals surface area (Å²) in [5.41, 5.74) is 4.56. The van der Waals surface area contributed by atoms with E-state index in [-0.39, 0.29) is 6.04 Å². The van der Waals surface area contributed by atoms with E-state index in [9.17, 15) is 8.76 Å². The van der Waals surface area contributed by atoms with Crippen molar-refractivity contribution in [1.29, 1.82) is 0 Å². The summed E-state index contributed by atoms with van der Waals surface area (Å²) in [6.45, 7) is 4.00. The van der Waals surface area contributed by atoms with E-state index in [1.165, 1.54) is 0 Å². The summed E-state index contributed by atoms with van der Waals surface area (Å²) in [6.07, 6.45) is 2.35. The van der Waals surface area contributed by atoms with Gasteiger partial charge in [0.15, 0.2) is 5.76 Å². The molecule has 0 fully saturated rings. The van der Waals surface area contributed by atoms with Crippen LogP contribution in [0.25, 0.3) is 11.3 Å². The smallest absolute Gasteiger partial charge is 0.295 e. The Bertz CT molecular complexity index is 1190. The number of aryl methyl sites for hydroxylation is 2. The average Bonchev–Trinajstić information content (AvgIpc) is 3.38. The summed E-state index contributed by atoms with van der Waals surface area (Å²) in [4.78, 5) is 9.05. The Morgan fingerprint density at radius 2 is 1.94 bits per heavy atom. The second-order valence-corrected chi connectivity index (χ2v) is 8.81. The predicted octanol–water partition coefficient (Wildman–Crippen LogP) is 5.02. The molecule has 0 spiro atoms. The number of hydrogen-bond donors (Lipinski definition) is 2. The van der Waals surface area contributed by atoms with Crippen molar-refractivity contribution in [3.05, 3.63) is 81.9 Å². The Morgan fingerprint density at radius 1 is 1.16 bits per heavy atom. The minimum atomic E-state index is -2.34. The van der Waals surface area contributed by atoms with Gasteiger partial charge in [-0.25, -0.2) is 9.97 Å². The molecule has 0 aliphatic heterocycles. The molecular weight excluding hydrogens is 432 g/mol. The lowest BCUT2D eigenvalue weighted by Gasteiger charge is -2.16. The molecule has 2 heterocycles. The number of hydrogen-bond acceptors (Lipinski definition) is 7. The molecule has 0 radical (unpaired) electrons. The fraction of sp³-hybridized carbons (Fsp3) is 0.182. The van der Waals surface area contributed by atoms with Crippen molar-refractivity contribution in [2.45, 2.75) is 26.3 Å². The topological polar surface area (TPSA) is 103 Å². The van der Waals surface area contributed by atoms with E-state index < -0.39 is 11.3 Å². The number of benzene rings is 2. The lowest BCUT2D eigenvalue weighted by molar-refractivity contribution is 0.542. The Morgan fingerprint density at radius 3 is 2.61 bits per heavy atom. The number of aromatic nitrogens is 2. The summed E-state index contributed by atoms with van der Waals surface area (Å²) in [7, 11) is 0. The highest BCUT2D eigenvalue weighted by Gasteiger charge is 2.18. The van der Waals surface area contributed by atoms with Gasteiger partial charge in [0.1, 0.15) is 0 Å². The Kier molecular flexibility index (Phi) is 6.45. The van der Waals surface area contributed by atoms with Gasteiger partial charge in [-0.15, -0.1) is 11.3 Å². The Balaban J connectivity index is 1.55. The van der Waals surface area contributed by atoms with Gasteiger partial charge in [-0.1, -0.05) is 36.4 Å². The van der Waals surface area contributed by atoms with Crippen molar-refractivity contribution < 1.29 is 13.2 Å². The summed E-state index contributed by atoms with van der Waals surface area (Å²) in [5, 5.41) is 6.37. The molecule has 0 bridgehead atoms. The normalized spacial score (nSPS) is 13.0. The molecule has 0 amide bonds. The first-order valence-corrected chi connectivity index (χ1v) is 11.6. The largest absolute Gasteiger partial charge is 0.755 e. The summed E-state index contributed by atoms with van der Waals surface area (Å²) >= 11 is -0.758. The van der Waals surface area contributed by atoms with E-state index in [1.807, 2.05) is 55.6 Å². The molecule has 160 valence electrons. The molecule has 0 aliphatic carbocycles. The lowest BCUT2D eigenvalue weighted by Crippen LogP contribution is -2.14. The molecule has 4 aromatic rings. The average molecular weight is 454 g/mol. The van der Waals surface area contributed by atoms with Crippen LogP contribution >= 0.6 is 11.3 Å². The maximum absolute atomic E-state index is 10.8. The number of thiazole rings is 1. The number of nitrogens with zero attached hydrogens (tertiary/aromatic N) is 2. The van der Waals surface area contributed by atoms with E-state index in [0.717, 1.165) is 27.4 Å². The number of oxazole rings is 1. The molecule has 2 aromatic heterocycles. The molecule has 4 rings (SSSR count). The van der Waals surface area contributed by atoms with Gasteiger partial charge in [0, 0.05) is 27.9 Å². The van der Waals surface area contributed by atoms with Gasteiger partial charge >= 0.3 is 0 Å². The van der Waals surface area contributed by atoms with E-state index in [1.54, 1.807) is 29.7 Å². The van der Waals surface area contributed by atoms with Gasteiger partial charge in [0.25, 0.3) is 6.01 Å². The number of rotatable bonds is 8. The van der Waals surface area contributed by atoms with Crippen LogP contribution in [0.2, 0.25) is 0 Å². The van der Waals surface area contributed by atoms with Gasteiger partial charge < -0.3 is 19.0 Å². The van der Waals surface area contributed by atoms with Crippen LogP contribution in [0.15, 0.2) is 64.5 Å². The SMILES string of the molecule is Cc1nc([C@H](Cc2ccc(NS(=O)[O-])cc2)Nc2ncc(-c3ccccc3C)o2)cs1. The maximum Gasteiger partial charge on any atom is 0.295 e. The van der Waals surface area contributed by atoms with Crippen LogP contribution in [0.5, 0.6) is 0 Å². The van der Waals surface area contributed by atoms with Crippen LogP contribution in [0, 0.1) is 13.8 Å². The Labute approximate surface area is 187 Å². The van der Waals surface area contributed by atoms with Crippen molar-refractivity contribution >= 4 is 34.3 Å². The van der Waals surface area contributed by atoms with Crippen molar-refractivity contribution in [2.24, 2.45) is 0 Å². The van der Waals surface area contributed by atoms with E-state index in [0.29, 0.717) is 23.9 Å². The first kappa shape index (κ1) is 21.2. The number of anilines is 2. The molecule has 1 unspecified atom stereocenters. The fourth-order valence-electron chi connectivity index (χ4n) is 3.27. The number of nitrogens with one attached hydrogen (secondary N) is 2. The highest BCUT2D eigenvalue weighted by Crippen LogP contribution is 2.29. The Hall–Kier alpha value is -3.01. The van der Waals surface area contributed by atoms with Crippen molar-refractivity contribution in [2.75, 3.05) is 10.0 Å². The highest BCUT2D eigenvalue weighted by molar-refractivity contribution is 7.80. The standard InChI is InChI=1S/C22H22N4O3S2/c1-14-5-3-4-6-18(14)21-12-23-22(29-21)25-19(20-13-30-15(2)24-20)11-16-7-9-17(10-8-16)26-31(27)28/h3-10,12-13,19,26H,11H2,1-2H3,(H,23,25)(H,27,28)/p-1/t19-/m0/s1. The highest BCUT2D eigenvalue weighted by atomic mass is 32.2. The van der Waals surface area contributed by atoms with E-state index >= 15 is 0 Å². The van der Waals surface area contributed by atoms with E-state index in [4.69, 9.17) is 4.42 Å². The van der Waals surface area contributed by atoms with Crippen molar-refractivity contribution in [3.8, 4) is 11.3 Å². The molecule has 0 saturated carbocycles. The van der Waals surface area contributed by atoms with Gasteiger partial charge in [-0.3, -0.25) is 4.21 Å². The minimum Gasteiger partial charge on any atom is -0.755 e. The first-order chi connectivity index (χ1) is 15.0. The van der Waals surface area contributed by atoms with E-state index in [2.05, 4.69) is 20.0 Å². The van der Waals surface area contributed by atoms with Crippen LogP contribution in [0.3, 0.4) is 0 Å². The second-order valence-electron chi connectivity index (χ2n) is 7.07. The quantitative estimate of drug-likeness (QED) is 0.363. The van der Waals surface area contributed by atoms with Crippen LogP contribution < -0.4 is 10.0 Å². The summed E-state index contributed by atoms with van der Waals surface area (Å²) < 4.78 is 29.9. The van der Waals surface area contributed by atoms with Crippen LogP contribution in [-0.4, -0.2) is 18.7 Å². The molecule has 9 heteroatoms. The molecule has 2 N–H and O–H groups in total. The first-order valence-electron chi connectivity index (χ1n) is 9.63. The molecular formula is C22H21N4O3S2-. The van der Waals surface area contributed by atoms with Crippen LogP contribution in [0.4, 0.5) is 11.7 Å². The lowest BCUT2D eigenvalue weighted by atomic mass is 10.0. The van der Waals surface area contributed by atoms with Gasteiger partial charge in [0.2, 0.25) is 0 Å². The molecule has 31 heavy (non-hydrogen) atoms. The fourth-order valence-corrected chi connectivity index (χ4v) is 4.27. The zero-order valence-electron chi connectivity index (χ0n) is 17.0. The molecule has 2 aromatic carbocycles. The molecule has 7 nitrogen and oxygen atoms in total. The minimum absolute atomic E-state index is 0.152. The maximum atomic E-state index is 10.8. The van der Waals surface area contributed by atoms with Gasteiger partial charge in [-0.05, 0) is 43.5 Å². The van der Waals surface area contributed by atoms with Gasteiger partial charge in [0.05, 0.1) is 22.9 Å². The predicted molar refractivity (Wildman–Crippen MR) is 123 cm³/mol. The molecule has 0 aliphatic rings. The van der Waals surface area contributed by atoms with Gasteiger partial charge in [-0.2, -0.15) is 0 Å². The van der Waals surface area contributed by atoms with Crippen LogP contribution in [-0.2, 0) is 17.7 Å². The monoisotopic (exact) mass is 453 g/mol. The molecule has 2 atom stereocenters. The second kappa shape index (κ2) is 9.42. The zero-order valence-corrected chi connectivity index (χ0v) is 18.6. The van der Waals surface area contributed by atoms with Crippen molar-refractivity contribution in [1.82, 2.24) is 9.97 Å². The third-order valence-corrected chi connectivity index (χ3v) is 6.00. The molecule has 0 saturated heterocycles. The zero-order chi connectivity index (χ0) is 21.8. The van der Waals surface area contributed by atoms with Crippen LogP contribution in [0.1, 0.15) is 27.9 Å². The third-order valence-electron chi connectivity index (χ3n) is 4.80. The summed E-state index contributed by atoms with van der Waals surface area (Å²) in [5.74, 6) is 0.704.